The van der Waals surface area contributed by atoms with Crippen LogP contribution in [0.3, 0.4) is 0 Å². The van der Waals surface area contributed by atoms with Crippen LogP contribution in [0.15, 0.2) is 18.2 Å². The van der Waals surface area contributed by atoms with Crippen LogP contribution >= 0.6 is 11.6 Å². The second kappa shape index (κ2) is 5.29. The third-order valence-corrected chi connectivity index (χ3v) is 3.87. The summed E-state index contributed by atoms with van der Waals surface area (Å²) >= 11 is 6.04. The number of aldehydes is 1. The molecular formula is C14H18ClNO2. The molecule has 1 N–H and O–H groups in total. The van der Waals surface area contributed by atoms with E-state index in [0.717, 1.165) is 44.3 Å². The maximum atomic E-state index is 10.7. The lowest BCUT2D eigenvalue weighted by molar-refractivity contribution is 0.0481. The van der Waals surface area contributed by atoms with Gasteiger partial charge in [0.25, 0.3) is 0 Å². The molecule has 1 aliphatic heterocycles. The number of carbonyl (C=O) groups is 1. The van der Waals surface area contributed by atoms with E-state index in [2.05, 4.69) is 4.90 Å². The zero-order chi connectivity index (χ0) is 13.2. The van der Waals surface area contributed by atoms with E-state index in [1.807, 2.05) is 19.1 Å². The number of rotatable bonds is 2. The van der Waals surface area contributed by atoms with E-state index in [-0.39, 0.29) is 0 Å². The van der Waals surface area contributed by atoms with Gasteiger partial charge in [-0.3, -0.25) is 4.79 Å². The fourth-order valence-electron chi connectivity index (χ4n) is 2.33. The molecule has 1 aromatic rings. The first kappa shape index (κ1) is 13.4. The maximum Gasteiger partial charge on any atom is 0.151 e. The molecule has 0 bridgehead atoms. The minimum Gasteiger partial charge on any atom is -0.390 e. The quantitative estimate of drug-likeness (QED) is 0.838. The molecular weight excluding hydrogens is 250 g/mol. The van der Waals surface area contributed by atoms with E-state index in [1.165, 1.54) is 0 Å². The predicted octanol–water partition coefficient (Wildman–Crippen LogP) is 2.89. The zero-order valence-corrected chi connectivity index (χ0v) is 11.3. The monoisotopic (exact) mass is 267 g/mol. The number of benzene rings is 1. The van der Waals surface area contributed by atoms with Gasteiger partial charge in [-0.25, -0.2) is 0 Å². The summed E-state index contributed by atoms with van der Waals surface area (Å²) in [6.07, 6.45) is 3.29. The number of halogens is 1. The normalized spacial score (nSPS) is 24.7. The van der Waals surface area contributed by atoms with E-state index in [4.69, 9.17) is 11.6 Å². The molecule has 1 saturated heterocycles. The van der Waals surface area contributed by atoms with Gasteiger partial charge in [-0.15, -0.1) is 0 Å². The van der Waals surface area contributed by atoms with Gasteiger partial charge in [0, 0.05) is 24.3 Å². The highest BCUT2D eigenvalue weighted by molar-refractivity contribution is 6.33. The molecule has 0 radical (unpaired) electrons. The highest BCUT2D eigenvalue weighted by Crippen LogP contribution is 2.27. The van der Waals surface area contributed by atoms with Crippen molar-refractivity contribution in [2.45, 2.75) is 31.8 Å². The van der Waals surface area contributed by atoms with E-state index < -0.39 is 5.60 Å². The maximum absolute atomic E-state index is 10.7. The van der Waals surface area contributed by atoms with Crippen LogP contribution in [-0.4, -0.2) is 30.1 Å². The van der Waals surface area contributed by atoms with E-state index in [0.29, 0.717) is 10.6 Å². The third kappa shape index (κ3) is 3.03. The summed E-state index contributed by atoms with van der Waals surface area (Å²) in [4.78, 5) is 12.9. The Kier molecular flexibility index (Phi) is 3.93. The predicted molar refractivity (Wildman–Crippen MR) is 73.5 cm³/mol. The number of carbonyl (C=O) groups excluding carboxylic acids is 1. The minimum absolute atomic E-state index is 0.485. The van der Waals surface area contributed by atoms with Crippen LogP contribution in [0.25, 0.3) is 0 Å². The Balaban J connectivity index is 2.16. The molecule has 0 aliphatic carbocycles. The van der Waals surface area contributed by atoms with Crippen LogP contribution in [0.2, 0.25) is 5.02 Å². The summed E-state index contributed by atoms with van der Waals surface area (Å²) in [5.41, 5.74) is 0.965. The second-order valence-electron chi connectivity index (χ2n) is 5.16. The van der Waals surface area contributed by atoms with E-state index >= 15 is 0 Å². The third-order valence-electron chi connectivity index (χ3n) is 3.54. The summed E-state index contributed by atoms with van der Waals surface area (Å²) in [6.45, 7) is 3.61. The van der Waals surface area contributed by atoms with Crippen molar-refractivity contribution in [1.82, 2.24) is 0 Å². The Morgan fingerprint density at radius 2 is 2.17 bits per heavy atom. The average Bonchev–Trinajstić information content (AvgIpc) is 2.50. The van der Waals surface area contributed by atoms with Crippen LogP contribution < -0.4 is 4.90 Å². The van der Waals surface area contributed by atoms with Gasteiger partial charge in [-0.05, 0) is 44.4 Å². The lowest BCUT2D eigenvalue weighted by Crippen LogP contribution is -2.28. The van der Waals surface area contributed by atoms with Gasteiger partial charge in [0.05, 0.1) is 10.6 Å². The topological polar surface area (TPSA) is 40.5 Å². The molecule has 1 atom stereocenters. The van der Waals surface area contributed by atoms with Crippen molar-refractivity contribution in [1.29, 1.82) is 0 Å². The summed E-state index contributed by atoms with van der Waals surface area (Å²) < 4.78 is 0. The molecule has 2 rings (SSSR count). The molecule has 1 unspecified atom stereocenters. The van der Waals surface area contributed by atoms with Crippen LogP contribution in [0, 0.1) is 0 Å². The molecule has 0 spiro atoms. The SMILES string of the molecule is CC1(O)CCCN(c2ccc(C=O)c(Cl)c2)CC1. The molecule has 0 aromatic heterocycles. The summed E-state index contributed by atoms with van der Waals surface area (Å²) in [5, 5.41) is 10.5. The number of aliphatic hydroxyl groups is 1. The fourth-order valence-corrected chi connectivity index (χ4v) is 2.55. The smallest absolute Gasteiger partial charge is 0.151 e. The first-order valence-electron chi connectivity index (χ1n) is 6.24. The largest absolute Gasteiger partial charge is 0.390 e. The highest BCUT2D eigenvalue weighted by atomic mass is 35.5. The van der Waals surface area contributed by atoms with Gasteiger partial charge in [0.1, 0.15) is 0 Å². The minimum atomic E-state index is -0.568. The molecule has 98 valence electrons. The van der Waals surface area contributed by atoms with E-state index in [9.17, 15) is 9.90 Å². The van der Waals surface area contributed by atoms with Gasteiger partial charge in [-0.1, -0.05) is 11.6 Å². The molecule has 0 amide bonds. The van der Waals surface area contributed by atoms with Crippen molar-refractivity contribution in [2.75, 3.05) is 18.0 Å². The number of hydrogen-bond acceptors (Lipinski definition) is 3. The molecule has 1 heterocycles. The van der Waals surface area contributed by atoms with Gasteiger partial charge < -0.3 is 10.0 Å². The van der Waals surface area contributed by atoms with Crippen molar-refractivity contribution in [2.24, 2.45) is 0 Å². The Hall–Kier alpha value is -1.06. The van der Waals surface area contributed by atoms with Crippen LogP contribution in [0.5, 0.6) is 0 Å². The lowest BCUT2D eigenvalue weighted by atomic mass is 9.98. The van der Waals surface area contributed by atoms with Crippen molar-refractivity contribution < 1.29 is 9.90 Å². The molecule has 1 aliphatic rings. The Morgan fingerprint density at radius 1 is 1.39 bits per heavy atom. The second-order valence-corrected chi connectivity index (χ2v) is 5.57. The zero-order valence-electron chi connectivity index (χ0n) is 10.5. The molecule has 3 nitrogen and oxygen atoms in total. The van der Waals surface area contributed by atoms with E-state index in [1.54, 1.807) is 6.07 Å². The van der Waals surface area contributed by atoms with Crippen molar-refractivity contribution >= 4 is 23.6 Å². The van der Waals surface area contributed by atoms with Gasteiger partial charge in [0.15, 0.2) is 6.29 Å². The molecule has 4 heteroatoms. The average molecular weight is 268 g/mol. The lowest BCUT2D eigenvalue weighted by Gasteiger charge is -2.24. The Bertz CT molecular complexity index is 445. The molecule has 0 saturated carbocycles. The first-order chi connectivity index (χ1) is 8.52. The highest BCUT2D eigenvalue weighted by Gasteiger charge is 2.25. The van der Waals surface area contributed by atoms with Crippen molar-refractivity contribution in [3.05, 3.63) is 28.8 Å². The van der Waals surface area contributed by atoms with Crippen LogP contribution in [0.4, 0.5) is 5.69 Å². The van der Waals surface area contributed by atoms with Gasteiger partial charge in [0.2, 0.25) is 0 Å². The molecule has 1 aromatic carbocycles. The van der Waals surface area contributed by atoms with Gasteiger partial charge in [-0.2, -0.15) is 0 Å². The number of hydrogen-bond donors (Lipinski definition) is 1. The first-order valence-corrected chi connectivity index (χ1v) is 6.62. The number of nitrogens with zero attached hydrogens (tertiary/aromatic N) is 1. The van der Waals surface area contributed by atoms with Crippen molar-refractivity contribution in [3.63, 3.8) is 0 Å². The molecule has 1 fully saturated rings. The van der Waals surface area contributed by atoms with Crippen LogP contribution in [-0.2, 0) is 0 Å². The summed E-state index contributed by atoms with van der Waals surface area (Å²) in [6, 6.07) is 5.48. The summed E-state index contributed by atoms with van der Waals surface area (Å²) in [7, 11) is 0. The molecule has 18 heavy (non-hydrogen) atoms. The standard InChI is InChI=1S/C14H18ClNO2/c1-14(18)5-2-7-16(8-6-14)12-4-3-11(10-17)13(15)9-12/h3-4,9-10,18H,2,5-8H2,1H3. The summed E-state index contributed by atoms with van der Waals surface area (Å²) in [5.74, 6) is 0. The number of anilines is 1. The van der Waals surface area contributed by atoms with Crippen LogP contribution in [0.1, 0.15) is 36.5 Å². The fraction of sp³-hybridized carbons (Fsp3) is 0.500. The van der Waals surface area contributed by atoms with Crippen molar-refractivity contribution in [3.8, 4) is 0 Å². The Morgan fingerprint density at radius 3 is 2.83 bits per heavy atom. The van der Waals surface area contributed by atoms with Gasteiger partial charge >= 0.3 is 0 Å². The Labute approximate surface area is 112 Å².